The Morgan fingerprint density at radius 1 is 1.00 bits per heavy atom. The van der Waals surface area contributed by atoms with Gasteiger partial charge < -0.3 is 24.3 Å². The summed E-state index contributed by atoms with van der Waals surface area (Å²) in [5.74, 6) is 0. The predicted octanol–water partition coefficient (Wildman–Crippen LogP) is 1.60. The average Bonchev–Trinajstić information content (AvgIpc) is 2.85. The van der Waals surface area contributed by atoms with Crippen LogP contribution in [0.25, 0.3) is 0 Å². The quantitative estimate of drug-likeness (QED) is 0.522. The molecule has 5 heteroatoms. The zero-order chi connectivity index (χ0) is 14.5. The maximum atomic E-state index is 5.50. The number of ether oxygens (including phenoxy) is 4. The lowest BCUT2D eigenvalue weighted by Gasteiger charge is -2.15. The van der Waals surface area contributed by atoms with Gasteiger partial charge in [-0.15, -0.1) is 0 Å². The van der Waals surface area contributed by atoms with Crippen molar-refractivity contribution in [1.82, 2.24) is 5.32 Å². The summed E-state index contributed by atoms with van der Waals surface area (Å²) in [6.45, 7) is 10.2. The van der Waals surface area contributed by atoms with E-state index in [0.717, 1.165) is 39.2 Å². The maximum Gasteiger partial charge on any atom is 0.0701 e. The number of hydrogen-bond donors (Lipinski definition) is 1. The lowest BCUT2D eigenvalue weighted by molar-refractivity contribution is 0.0141. The Bertz CT molecular complexity index is 216. The number of unbranched alkanes of at least 4 members (excludes halogenated alkanes) is 1. The molecule has 0 spiro atoms. The molecular weight excluding hydrogens is 258 g/mol. The van der Waals surface area contributed by atoms with E-state index in [2.05, 4.69) is 19.2 Å². The van der Waals surface area contributed by atoms with Crippen LogP contribution < -0.4 is 5.32 Å². The predicted molar refractivity (Wildman–Crippen MR) is 79.2 cm³/mol. The van der Waals surface area contributed by atoms with Crippen LogP contribution in [0.3, 0.4) is 0 Å². The van der Waals surface area contributed by atoms with Gasteiger partial charge in [-0.1, -0.05) is 13.3 Å². The zero-order valence-electron chi connectivity index (χ0n) is 13.1. The molecule has 0 bridgehead atoms. The second-order valence-electron chi connectivity index (χ2n) is 5.12. The van der Waals surface area contributed by atoms with Gasteiger partial charge in [0.1, 0.15) is 0 Å². The largest absolute Gasteiger partial charge is 0.379 e. The van der Waals surface area contributed by atoms with Crippen molar-refractivity contribution in [2.75, 3.05) is 52.8 Å². The normalized spacial score (nSPS) is 22.5. The minimum Gasteiger partial charge on any atom is -0.379 e. The van der Waals surface area contributed by atoms with Crippen molar-refractivity contribution in [1.29, 1.82) is 0 Å². The average molecular weight is 289 g/mol. The Morgan fingerprint density at radius 2 is 1.65 bits per heavy atom. The molecule has 1 aliphatic heterocycles. The minimum atomic E-state index is 0.325. The van der Waals surface area contributed by atoms with E-state index in [-0.39, 0.29) is 0 Å². The Kier molecular flexibility index (Phi) is 11.2. The van der Waals surface area contributed by atoms with Crippen molar-refractivity contribution >= 4 is 0 Å². The molecule has 0 aliphatic carbocycles. The Balaban J connectivity index is 1.72. The van der Waals surface area contributed by atoms with Gasteiger partial charge in [-0.2, -0.15) is 0 Å². The van der Waals surface area contributed by atoms with Gasteiger partial charge in [0.25, 0.3) is 0 Å². The van der Waals surface area contributed by atoms with Gasteiger partial charge in [-0.25, -0.2) is 0 Å². The molecule has 1 rings (SSSR count). The van der Waals surface area contributed by atoms with E-state index < -0.39 is 0 Å². The molecule has 0 amide bonds. The summed E-state index contributed by atoms with van der Waals surface area (Å²) in [4.78, 5) is 0. The van der Waals surface area contributed by atoms with Crippen LogP contribution in [-0.4, -0.2) is 64.9 Å². The number of nitrogens with one attached hydrogen (secondary N) is 1. The van der Waals surface area contributed by atoms with E-state index in [1.54, 1.807) is 0 Å². The molecule has 1 fully saturated rings. The molecule has 1 saturated heterocycles. The highest BCUT2D eigenvalue weighted by Crippen LogP contribution is 2.11. The third kappa shape index (κ3) is 8.87. The summed E-state index contributed by atoms with van der Waals surface area (Å²) >= 11 is 0. The topological polar surface area (TPSA) is 49.0 Å². The fraction of sp³-hybridized carbons (Fsp3) is 1.00. The van der Waals surface area contributed by atoms with Gasteiger partial charge in [0.2, 0.25) is 0 Å². The maximum absolute atomic E-state index is 5.50. The van der Waals surface area contributed by atoms with Crippen molar-refractivity contribution in [3.05, 3.63) is 0 Å². The first-order valence-electron chi connectivity index (χ1n) is 7.92. The fourth-order valence-electron chi connectivity index (χ4n) is 2.10. The van der Waals surface area contributed by atoms with Crippen LogP contribution in [0.5, 0.6) is 0 Å². The van der Waals surface area contributed by atoms with E-state index in [1.807, 2.05) is 0 Å². The van der Waals surface area contributed by atoms with Gasteiger partial charge in [-0.3, -0.25) is 0 Å². The van der Waals surface area contributed by atoms with Crippen LogP contribution >= 0.6 is 0 Å². The molecule has 0 radical (unpaired) electrons. The molecule has 1 aliphatic rings. The van der Waals surface area contributed by atoms with Crippen molar-refractivity contribution in [2.24, 2.45) is 0 Å². The molecular formula is C15H31NO4. The first-order valence-corrected chi connectivity index (χ1v) is 7.92. The van der Waals surface area contributed by atoms with Gasteiger partial charge in [0.05, 0.1) is 39.1 Å². The van der Waals surface area contributed by atoms with Crippen LogP contribution in [-0.2, 0) is 18.9 Å². The van der Waals surface area contributed by atoms with Gasteiger partial charge in [0, 0.05) is 25.8 Å². The third-order valence-corrected chi connectivity index (χ3v) is 3.42. The molecule has 1 N–H and O–H groups in total. The Hall–Kier alpha value is -0.200. The van der Waals surface area contributed by atoms with Crippen LogP contribution in [0.15, 0.2) is 0 Å². The summed E-state index contributed by atoms with van der Waals surface area (Å²) < 4.78 is 21.8. The first kappa shape index (κ1) is 17.9. The minimum absolute atomic E-state index is 0.325. The SMILES string of the molecule is CCCCOCCOCCOCCNC1CCOC1C. The molecule has 5 nitrogen and oxygen atoms in total. The monoisotopic (exact) mass is 289 g/mol. The van der Waals surface area contributed by atoms with E-state index in [0.29, 0.717) is 38.6 Å². The molecule has 120 valence electrons. The zero-order valence-corrected chi connectivity index (χ0v) is 13.1. The highest BCUT2D eigenvalue weighted by molar-refractivity contribution is 4.78. The summed E-state index contributed by atoms with van der Waals surface area (Å²) in [7, 11) is 0. The van der Waals surface area contributed by atoms with Crippen LogP contribution in [0.4, 0.5) is 0 Å². The molecule has 0 aromatic heterocycles. The molecule has 20 heavy (non-hydrogen) atoms. The second kappa shape index (κ2) is 12.5. The van der Waals surface area contributed by atoms with E-state index in [1.165, 1.54) is 6.42 Å². The van der Waals surface area contributed by atoms with Gasteiger partial charge in [0.15, 0.2) is 0 Å². The number of hydrogen-bond acceptors (Lipinski definition) is 5. The summed E-state index contributed by atoms with van der Waals surface area (Å²) in [5, 5.41) is 3.45. The fourth-order valence-corrected chi connectivity index (χ4v) is 2.10. The summed E-state index contributed by atoms with van der Waals surface area (Å²) in [6, 6.07) is 0.482. The van der Waals surface area contributed by atoms with Crippen LogP contribution in [0, 0.1) is 0 Å². The molecule has 0 aromatic carbocycles. The molecule has 2 atom stereocenters. The molecule has 2 unspecified atom stereocenters. The Labute approximate surface area is 123 Å². The highest BCUT2D eigenvalue weighted by atomic mass is 16.5. The summed E-state index contributed by atoms with van der Waals surface area (Å²) in [6.07, 6.45) is 3.73. The standard InChI is InChI=1S/C15H31NO4/c1-3-4-7-17-10-12-19-13-11-18-9-6-16-15-5-8-20-14(15)2/h14-16H,3-13H2,1-2H3. The van der Waals surface area contributed by atoms with Crippen LogP contribution in [0.1, 0.15) is 33.1 Å². The third-order valence-electron chi connectivity index (χ3n) is 3.42. The van der Waals surface area contributed by atoms with Crippen molar-refractivity contribution in [2.45, 2.75) is 45.3 Å². The van der Waals surface area contributed by atoms with E-state index in [4.69, 9.17) is 18.9 Å². The first-order chi connectivity index (χ1) is 9.84. The van der Waals surface area contributed by atoms with Crippen molar-refractivity contribution in [3.63, 3.8) is 0 Å². The lowest BCUT2D eigenvalue weighted by Crippen LogP contribution is -2.36. The molecule has 1 heterocycles. The second-order valence-corrected chi connectivity index (χ2v) is 5.12. The Morgan fingerprint density at radius 3 is 2.25 bits per heavy atom. The highest BCUT2D eigenvalue weighted by Gasteiger charge is 2.22. The van der Waals surface area contributed by atoms with Gasteiger partial charge >= 0.3 is 0 Å². The lowest BCUT2D eigenvalue weighted by atomic mass is 10.1. The number of rotatable bonds is 13. The van der Waals surface area contributed by atoms with E-state index in [9.17, 15) is 0 Å². The van der Waals surface area contributed by atoms with Crippen molar-refractivity contribution < 1.29 is 18.9 Å². The molecule has 0 aromatic rings. The van der Waals surface area contributed by atoms with Crippen LogP contribution in [0.2, 0.25) is 0 Å². The van der Waals surface area contributed by atoms with Crippen molar-refractivity contribution in [3.8, 4) is 0 Å². The smallest absolute Gasteiger partial charge is 0.0701 e. The molecule has 0 saturated carbocycles. The van der Waals surface area contributed by atoms with E-state index >= 15 is 0 Å². The van der Waals surface area contributed by atoms with Gasteiger partial charge in [-0.05, 0) is 19.8 Å². The summed E-state index contributed by atoms with van der Waals surface area (Å²) in [5.41, 5.74) is 0.